The van der Waals surface area contributed by atoms with Gasteiger partial charge in [-0.3, -0.25) is 14.4 Å². The molecule has 9 nitrogen and oxygen atoms in total. The van der Waals surface area contributed by atoms with Crippen molar-refractivity contribution in [1.82, 2.24) is 10.0 Å². The molecule has 2 rings (SSSR count). The van der Waals surface area contributed by atoms with Crippen LogP contribution in [0.5, 0.6) is 0 Å². The van der Waals surface area contributed by atoms with E-state index >= 15 is 0 Å². The Hall–Kier alpha value is -2.95. The lowest BCUT2D eigenvalue weighted by atomic mass is 10.2. The van der Waals surface area contributed by atoms with Crippen molar-refractivity contribution in [3.8, 4) is 0 Å². The van der Waals surface area contributed by atoms with Crippen LogP contribution in [0.25, 0.3) is 0 Å². The van der Waals surface area contributed by atoms with Gasteiger partial charge in [-0.2, -0.15) is 4.72 Å². The molecule has 4 N–H and O–H groups in total. The second-order valence-corrected chi connectivity index (χ2v) is 8.43. The van der Waals surface area contributed by atoms with Crippen molar-refractivity contribution in [2.45, 2.75) is 24.8 Å². The molecule has 3 amide bonds. The molecule has 0 heterocycles. The molecule has 0 spiro atoms. The highest BCUT2D eigenvalue weighted by atomic mass is 35.5. The van der Waals surface area contributed by atoms with Crippen LogP contribution in [0, 0.1) is 0 Å². The van der Waals surface area contributed by atoms with Crippen LogP contribution in [-0.4, -0.2) is 39.2 Å². The number of benzene rings is 2. The summed E-state index contributed by atoms with van der Waals surface area (Å²) in [5, 5.41) is 7.73. The van der Waals surface area contributed by atoms with Crippen LogP contribution in [0.15, 0.2) is 47.4 Å². The Morgan fingerprint density at radius 3 is 2.13 bits per heavy atom. The van der Waals surface area contributed by atoms with Gasteiger partial charge in [0, 0.05) is 25.3 Å². The third-order valence-corrected chi connectivity index (χ3v) is 5.80. The highest BCUT2D eigenvalue weighted by Crippen LogP contribution is 2.21. The quantitative estimate of drug-likeness (QED) is 0.509. The maximum absolute atomic E-state index is 12.5. The van der Waals surface area contributed by atoms with Gasteiger partial charge in [-0.25, -0.2) is 8.42 Å². The Morgan fingerprint density at radius 2 is 1.57 bits per heavy atom. The van der Waals surface area contributed by atoms with E-state index in [4.69, 9.17) is 11.6 Å². The molecular formula is C19H21ClN4O5S. The Labute approximate surface area is 179 Å². The van der Waals surface area contributed by atoms with Crippen LogP contribution in [0.3, 0.4) is 0 Å². The standard InChI is InChI=1S/C19H21ClN4O5S/c1-11(18(26)23-14-6-9-17(20)16(10-14)19(27)21-3)24-30(28,29)15-7-4-13(5-8-15)22-12(2)25/h4-11,24H,1-3H3,(H,21,27)(H,22,25)(H,23,26)/t11-/m0/s1. The van der Waals surface area contributed by atoms with E-state index in [1.165, 1.54) is 63.4 Å². The predicted octanol–water partition coefficient (Wildman–Crippen LogP) is 1.96. The summed E-state index contributed by atoms with van der Waals surface area (Å²) in [5.41, 5.74) is 0.903. The van der Waals surface area contributed by atoms with Crippen LogP contribution in [-0.2, 0) is 19.6 Å². The summed E-state index contributed by atoms with van der Waals surface area (Å²) in [7, 11) is -2.54. The topological polar surface area (TPSA) is 133 Å². The molecule has 0 aliphatic carbocycles. The van der Waals surface area contributed by atoms with E-state index in [1.807, 2.05) is 0 Å². The van der Waals surface area contributed by atoms with Gasteiger partial charge in [0.25, 0.3) is 5.91 Å². The number of hydrogen-bond acceptors (Lipinski definition) is 5. The molecule has 0 saturated carbocycles. The average Bonchev–Trinajstić information content (AvgIpc) is 2.68. The Bertz CT molecular complexity index is 1070. The largest absolute Gasteiger partial charge is 0.355 e. The van der Waals surface area contributed by atoms with Crippen LogP contribution in [0.1, 0.15) is 24.2 Å². The summed E-state index contributed by atoms with van der Waals surface area (Å²) in [4.78, 5) is 35.2. The van der Waals surface area contributed by atoms with Crippen molar-refractivity contribution in [1.29, 1.82) is 0 Å². The lowest BCUT2D eigenvalue weighted by molar-refractivity contribution is -0.117. The van der Waals surface area contributed by atoms with Crippen molar-refractivity contribution in [3.63, 3.8) is 0 Å². The SMILES string of the molecule is CNC(=O)c1cc(NC(=O)[C@H](C)NS(=O)(=O)c2ccc(NC(C)=O)cc2)ccc1Cl. The summed E-state index contributed by atoms with van der Waals surface area (Å²) < 4.78 is 27.3. The minimum atomic E-state index is -3.98. The zero-order valence-electron chi connectivity index (χ0n) is 16.4. The number of amides is 3. The average molecular weight is 453 g/mol. The van der Waals surface area contributed by atoms with Gasteiger partial charge in [-0.05, 0) is 49.4 Å². The summed E-state index contributed by atoms with van der Waals surface area (Å²) in [6, 6.07) is 8.73. The molecule has 11 heteroatoms. The van der Waals surface area contributed by atoms with Crippen molar-refractivity contribution < 1.29 is 22.8 Å². The zero-order chi connectivity index (χ0) is 22.5. The van der Waals surface area contributed by atoms with E-state index < -0.39 is 27.9 Å². The molecule has 0 saturated heterocycles. The first kappa shape index (κ1) is 23.3. The zero-order valence-corrected chi connectivity index (χ0v) is 18.0. The van der Waals surface area contributed by atoms with Gasteiger partial charge in [0.05, 0.1) is 21.5 Å². The predicted molar refractivity (Wildman–Crippen MR) is 114 cm³/mol. The summed E-state index contributed by atoms with van der Waals surface area (Å²) in [6.45, 7) is 2.72. The second-order valence-electron chi connectivity index (χ2n) is 6.31. The van der Waals surface area contributed by atoms with E-state index in [-0.39, 0.29) is 27.1 Å². The molecule has 2 aromatic carbocycles. The van der Waals surface area contributed by atoms with Gasteiger partial charge >= 0.3 is 0 Å². The minimum absolute atomic E-state index is 0.0651. The Balaban J connectivity index is 2.09. The van der Waals surface area contributed by atoms with Gasteiger partial charge in [-0.15, -0.1) is 0 Å². The number of sulfonamides is 1. The number of nitrogens with one attached hydrogen (secondary N) is 4. The minimum Gasteiger partial charge on any atom is -0.355 e. The van der Waals surface area contributed by atoms with Crippen LogP contribution < -0.4 is 20.7 Å². The van der Waals surface area contributed by atoms with Gasteiger partial charge in [0.15, 0.2) is 0 Å². The highest BCUT2D eigenvalue weighted by Gasteiger charge is 2.22. The molecule has 0 radical (unpaired) electrons. The molecule has 2 aromatic rings. The molecule has 0 unspecified atom stereocenters. The molecule has 0 aromatic heterocycles. The number of carbonyl (C=O) groups is 3. The van der Waals surface area contributed by atoms with Gasteiger partial charge in [-0.1, -0.05) is 11.6 Å². The molecule has 0 fully saturated rings. The third kappa shape index (κ3) is 6.02. The monoisotopic (exact) mass is 452 g/mol. The summed E-state index contributed by atoms with van der Waals surface area (Å²) in [6.07, 6.45) is 0. The van der Waals surface area contributed by atoms with Gasteiger partial charge < -0.3 is 16.0 Å². The number of rotatable bonds is 7. The molecular weight excluding hydrogens is 432 g/mol. The Morgan fingerprint density at radius 1 is 0.967 bits per heavy atom. The van der Waals surface area contributed by atoms with Crippen molar-refractivity contribution in [3.05, 3.63) is 53.1 Å². The van der Waals surface area contributed by atoms with E-state index in [1.54, 1.807) is 0 Å². The molecule has 0 aliphatic rings. The lowest BCUT2D eigenvalue weighted by Crippen LogP contribution is -2.41. The fourth-order valence-corrected chi connectivity index (χ4v) is 3.84. The van der Waals surface area contributed by atoms with Crippen LogP contribution in [0.4, 0.5) is 11.4 Å². The van der Waals surface area contributed by atoms with Gasteiger partial charge in [0.1, 0.15) is 0 Å². The fraction of sp³-hybridized carbons (Fsp3) is 0.211. The summed E-state index contributed by atoms with van der Waals surface area (Å²) >= 11 is 5.97. The number of anilines is 2. The normalized spacial score (nSPS) is 12.0. The molecule has 0 aliphatic heterocycles. The second kappa shape index (κ2) is 9.70. The molecule has 30 heavy (non-hydrogen) atoms. The van der Waals surface area contributed by atoms with E-state index in [0.29, 0.717) is 5.69 Å². The first-order valence-electron chi connectivity index (χ1n) is 8.76. The van der Waals surface area contributed by atoms with Crippen molar-refractivity contribution >= 4 is 50.7 Å². The Kier molecular flexibility index (Phi) is 7.54. The van der Waals surface area contributed by atoms with E-state index in [0.717, 1.165) is 0 Å². The third-order valence-electron chi connectivity index (χ3n) is 3.92. The first-order chi connectivity index (χ1) is 14.0. The van der Waals surface area contributed by atoms with Crippen molar-refractivity contribution in [2.24, 2.45) is 0 Å². The van der Waals surface area contributed by atoms with Gasteiger partial charge in [0.2, 0.25) is 21.8 Å². The van der Waals surface area contributed by atoms with Crippen LogP contribution in [0.2, 0.25) is 5.02 Å². The number of hydrogen-bond donors (Lipinski definition) is 4. The molecule has 160 valence electrons. The highest BCUT2D eigenvalue weighted by molar-refractivity contribution is 7.89. The van der Waals surface area contributed by atoms with E-state index in [2.05, 4.69) is 20.7 Å². The maximum atomic E-state index is 12.5. The smallest absolute Gasteiger partial charge is 0.252 e. The molecule has 0 bridgehead atoms. The van der Waals surface area contributed by atoms with Crippen LogP contribution >= 0.6 is 11.6 Å². The maximum Gasteiger partial charge on any atom is 0.252 e. The number of halogens is 1. The number of carbonyl (C=O) groups excluding carboxylic acids is 3. The lowest BCUT2D eigenvalue weighted by Gasteiger charge is -2.15. The first-order valence-corrected chi connectivity index (χ1v) is 10.6. The summed E-state index contributed by atoms with van der Waals surface area (Å²) in [5.74, 6) is -1.33. The molecule has 1 atom stereocenters. The van der Waals surface area contributed by atoms with E-state index in [9.17, 15) is 22.8 Å². The van der Waals surface area contributed by atoms with Crippen molar-refractivity contribution in [2.75, 3.05) is 17.7 Å². The fourth-order valence-electron chi connectivity index (χ4n) is 2.44.